The molecule has 2 aliphatic heterocycles. The predicted molar refractivity (Wildman–Crippen MR) is 379 cm³/mol. The zero-order valence-electron chi connectivity index (χ0n) is 65.3. The van der Waals surface area contributed by atoms with Crippen LogP contribution in [0.2, 0.25) is 0 Å². The van der Waals surface area contributed by atoms with Crippen LogP contribution in [-0.4, -0.2) is 15.8 Å². The van der Waals surface area contributed by atoms with Gasteiger partial charge in [-0.3, -0.25) is 0 Å². The molecule has 0 fully saturated rings. The van der Waals surface area contributed by atoms with Gasteiger partial charge in [0.2, 0.25) is 0 Å². The predicted octanol–water partition coefficient (Wildman–Crippen LogP) is 20.5. The Bertz CT molecular complexity index is 5670. The van der Waals surface area contributed by atoms with Gasteiger partial charge in [0, 0.05) is 77.9 Å². The molecule has 4 nitrogen and oxygen atoms in total. The lowest BCUT2D eigenvalue weighted by atomic mass is 9.33. The molecule has 0 amide bonds. The highest BCUT2D eigenvalue weighted by Crippen LogP contribution is 2.55. The van der Waals surface area contributed by atoms with E-state index >= 15 is 0 Å². The van der Waals surface area contributed by atoms with Crippen molar-refractivity contribution in [2.45, 2.75) is 40.0 Å². The molecule has 0 spiro atoms. The lowest BCUT2D eigenvalue weighted by Gasteiger charge is -2.46. The van der Waals surface area contributed by atoms with E-state index in [0.717, 1.165) is 100 Å². The maximum atomic E-state index is 9.74. The van der Waals surface area contributed by atoms with Crippen molar-refractivity contribution in [2.75, 3.05) is 9.80 Å². The van der Waals surface area contributed by atoms with Crippen LogP contribution in [0.5, 0.6) is 0 Å². The van der Waals surface area contributed by atoms with E-state index in [-0.39, 0.29) is 43.6 Å². The van der Waals surface area contributed by atoms with Gasteiger partial charge >= 0.3 is 0 Å². The molecule has 4 heterocycles. The molecule has 15 aromatic rings. The minimum atomic E-state index is -0.721. The maximum Gasteiger partial charge on any atom is 0.252 e. The topological polar surface area (TPSA) is 16.3 Å². The summed E-state index contributed by atoms with van der Waals surface area (Å²) in [5.41, 5.74) is 16.6. The normalized spacial score (nSPS) is 15.2. The molecule has 422 valence electrons. The van der Waals surface area contributed by atoms with Crippen molar-refractivity contribution in [1.82, 2.24) is 9.13 Å². The lowest BCUT2D eigenvalue weighted by molar-refractivity contribution is 0.590. The molecule has 0 radical (unpaired) electrons. The molecular formula is C84H63BN4. The van der Waals surface area contributed by atoms with E-state index in [1.54, 1.807) is 9.13 Å². The number of fused-ring (bicyclic) bond motifs is 10. The smallest absolute Gasteiger partial charge is 0.252 e. The third-order valence-corrected chi connectivity index (χ3v) is 17.8. The van der Waals surface area contributed by atoms with Crippen LogP contribution in [0.15, 0.2) is 291 Å². The van der Waals surface area contributed by atoms with Crippen molar-refractivity contribution in [3.8, 4) is 55.9 Å². The average Bonchev–Trinajstić information content (AvgIpc) is 1.69. The van der Waals surface area contributed by atoms with Crippen molar-refractivity contribution in [3.05, 3.63) is 307 Å². The second-order valence-corrected chi connectivity index (χ2v) is 24.2. The molecule has 0 saturated heterocycles. The van der Waals surface area contributed by atoms with Gasteiger partial charge in [-0.15, -0.1) is 0 Å². The van der Waals surface area contributed by atoms with Crippen molar-refractivity contribution in [3.63, 3.8) is 0 Å². The molecule has 0 bridgehead atoms. The van der Waals surface area contributed by atoms with E-state index in [9.17, 15) is 16.4 Å². The highest BCUT2D eigenvalue weighted by Gasteiger charge is 2.46. The van der Waals surface area contributed by atoms with Crippen molar-refractivity contribution >= 4 is 101 Å². The summed E-state index contributed by atoms with van der Waals surface area (Å²) in [7, 11) is 0. The number of aryl methyl sites for hydroxylation is 2. The van der Waals surface area contributed by atoms with Crippen LogP contribution in [-0.2, 0) is 5.41 Å². The fourth-order valence-electron chi connectivity index (χ4n) is 13.9. The second-order valence-electron chi connectivity index (χ2n) is 24.2. The van der Waals surface area contributed by atoms with Crippen LogP contribution in [0, 0.1) is 13.8 Å². The Kier molecular flexibility index (Phi) is 8.77. The highest BCUT2D eigenvalue weighted by atomic mass is 15.2. The Labute approximate surface area is 543 Å². The monoisotopic (exact) mass is 1150 g/mol. The van der Waals surface area contributed by atoms with Gasteiger partial charge in [0.05, 0.1) is 55.4 Å². The van der Waals surface area contributed by atoms with Crippen LogP contribution in [0.1, 0.15) is 59.4 Å². The standard InChI is InChI=1S/C84H63BN4/c1-54-46-67(56-26-10-6-11-27-56)82(68(47-54)57-28-12-7-13-29-57)88-77-52-61(86-73-38-22-18-34-63(73)64-35-19-23-39-74(64)86)42-44-71(77)85-72-45-43-62(87-75-40-24-20-36-65(75)66-37-21-25-41-76(66)87)53-78(72)89(80-51-60(84(3,4)5)50-79(88)81(80)85)83-69(58-30-14-8-15-31-58)48-55(2)49-70(83)59-32-16-9-17-33-59/h6-53H,1-5H3/i18D,19D,20D,21D,22D,23D,24D,25D,34D,35D,36D,37D,38D,39D,40D,41D. The highest BCUT2D eigenvalue weighted by molar-refractivity contribution is 7.00. The molecule has 2 aromatic heterocycles. The molecule has 0 atom stereocenters. The number of hydrogen-bond donors (Lipinski definition) is 0. The summed E-state index contributed by atoms with van der Waals surface area (Å²) < 4.78 is 153. The summed E-state index contributed by atoms with van der Waals surface area (Å²) in [6.45, 7) is 9.95. The van der Waals surface area contributed by atoms with Gasteiger partial charge in [0.1, 0.15) is 0 Å². The van der Waals surface area contributed by atoms with Gasteiger partial charge in [-0.1, -0.05) is 227 Å². The van der Waals surface area contributed by atoms with Crippen LogP contribution in [0.3, 0.4) is 0 Å². The van der Waals surface area contributed by atoms with E-state index < -0.39 is 109 Å². The summed E-state index contributed by atoms with van der Waals surface area (Å²) in [6.07, 6.45) is 0. The molecule has 5 heteroatoms. The van der Waals surface area contributed by atoms with E-state index in [4.69, 9.17) is 5.48 Å². The van der Waals surface area contributed by atoms with Crippen molar-refractivity contribution < 1.29 is 21.9 Å². The number of nitrogens with zero attached hydrogens (tertiary/aromatic N) is 4. The van der Waals surface area contributed by atoms with E-state index in [0.29, 0.717) is 22.7 Å². The fourth-order valence-corrected chi connectivity index (χ4v) is 13.9. The van der Waals surface area contributed by atoms with Crippen LogP contribution in [0.4, 0.5) is 34.1 Å². The third-order valence-electron chi connectivity index (χ3n) is 17.8. The number of para-hydroxylation sites is 4. The molecule has 2 aliphatic rings. The third kappa shape index (κ3) is 8.29. The Morgan fingerprint density at radius 3 is 0.944 bits per heavy atom. The van der Waals surface area contributed by atoms with Gasteiger partial charge in [-0.05, 0) is 159 Å². The number of anilines is 6. The zero-order chi connectivity index (χ0) is 73.6. The first kappa shape index (κ1) is 38.3. The Hall–Kier alpha value is -10.9. The number of aromatic nitrogens is 2. The number of rotatable bonds is 8. The summed E-state index contributed by atoms with van der Waals surface area (Å²) in [6, 6.07) is 57.6. The average molecular weight is 1160 g/mol. The Morgan fingerprint density at radius 1 is 0.337 bits per heavy atom. The summed E-state index contributed by atoms with van der Waals surface area (Å²) in [5.74, 6) is 0. The SMILES string of the molecule is [2H]c1c([2H])c([2H])c2c(c1[2H])c1c([2H])c([2H])c([2H])c([2H])c1n2-c1ccc2c(c1)N(c1c(-c3ccccc3)cc(C)cc1-c1ccccc1)c1cc(C(C)(C)C)cc3c1B2c1ccc(-n2c4c([2H])c([2H])c([2H])c([2H])c4c4c([2H])c([2H])c([2H])c([2H])c42)cc1N3c1c(-c2ccccc2)cc(C)cc1-c1ccccc1. The molecular weight excluding hydrogens is 1080 g/mol. The molecule has 17 rings (SSSR count). The van der Waals surface area contributed by atoms with Crippen LogP contribution < -0.4 is 26.2 Å². The van der Waals surface area contributed by atoms with E-state index in [1.165, 1.54) is 0 Å². The van der Waals surface area contributed by atoms with Crippen LogP contribution in [0.25, 0.3) is 99.5 Å². The molecule has 13 aromatic carbocycles. The fraction of sp³-hybridized carbons (Fsp3) is 0.0714. The van der Waals surface area contributed by atoms with Crippen LogP contribution >= 0.6 is 0 Å². The van der Waals surface area contributed by atoms with Crippen molar-refractivity contribution in [2.24, 2.45) is 0 Å². The molecule has 0 aliphatic carbocycles. The molecule has 89 heavy (non-hydrogen) atoms. The lowest BCUT2D eigenvalue weighted by Crippen LogP contribution is -2.61. The largest absolute Gasteiger partial charge is 0.310 e. The summed E-state index contributed by atoms with van der Waals surface area (Å²) in [5, 5.41) is -0.256. The first-order chi connectivity index (χ1) is 50.3. The number of benzene rings is 13. The van der Waals surface area contributed by atoms with E-state index in [2.05, 4.69) is 129 Å². The van der Waals surface area contributed by atoms with E-state index in [1.807, 2.05) is 109 Å². The van der Waals surface area contributed by atoms with Gasteiger partial charge in [-0.25, -0.2) is 0 Å². The van der Waals surface area contributed by atoms with Gasteiger partial charge in [0.15, 0.2) is 0 Å². The summed E-state index contributed by atoms with van der Waals surface area (Å²) in [4.78, 5) is 4.63. The second kappa shape index (κ2) is 20.4. The summed E-state index contributed by atoms with van der Waals surface area (Å²) >= 11 is 0. The minimum absolute atomic E-state index is 0.0409. The molecule has 0 unspecified atom stereocenters. The van der Waals surface area contributed by atoms with Gasteiger partial charge in [0.25, 0.3) is 6.71 Å². The van der Waals surface area contributed by atoms with Crippen molar-refractivity contribution in [1.29, 1.82) is 0 Å². The molecule has 0 saturated carbocycles. The zero-order valence-corrected chi connectivity index (χ0v) is 49.3. The number of hydrogen-bond acceptors (Lipinski definition) is 2. The quantitative estimate of drug-likeness (QED) is 0.141. The van der Waals surface area contributed by atoms with Gasteiger partial charge in [-0.2, -0.15) is 0 Å². The van der Waals surface area contributed by atoms with Gasteiger partial charge < -0.3 is 18.9 Å². The maximum absolute atomic E-state index is 9.74. The minimum Gasteiger partial charge on any atom is -0.310 e. The Balaban J connectivity index is 1.09. The first-order valence-corrected chi connectivity index (χ1v) is 29.9. The molecule has 0 N–H and O–H groups in total. The first-order valence-electron chi connectivity index (χ1n) is 37.9. The Morgan fingerprint density at radius 2 is 0.640 bits per heavy atom.